The largest absolute Gasteiger partial charge is 0.366 e. The van der Waals surface area contributed by atoms with Crippen LogP contribution in [0.3, 0.4) is 0 Å². The second-order valence-electron chi connectivity index (χ2n) is 3.73. The van der Waals surface area contributed by atoms with Crippen molar-refractivity contribution in [3.8, 4) is 0 Å². The van der Waals surface area contributed by atoms with E-state index in [9.17, 15) is 4.39 Å². The highest BCUT2D eigenvalue weighted by Crippen LogP contribution is 2.18. The average Bonchev–Trinajstić information content (AvgIpc) is 2.18. The summed E-state index contributed by atoms with van der Waals surface area (Å²) in [4.78, 5) is 2.24. The number of anilines is 1. The molecular weight excluding hydrogens is 215 g/mol. The fourth-order valence-corrected chi connectivity index (χ4v) is 1.88. The fraction of sp³-hybridized carbons (Fsp3) is 0.455. The van der Waals surface area contributed by atoms with E-state index in [0.29, 0.717) is 6.04 Å². The van der Waals surface area contributed by atoms with Gasteiger partial charge in [0.25, 0.3) is 0 Å². The SMILES string of the molecule is C[C@@H]1CNCCN1c1cccc(F)c1.Cl. The summed E-state index contributed by atoms with van der Waals surface area (Å²) >= 11 is 0. The lowest BCUT2D eigenvalue weighted by molar-refractivity contribution is 0.499. The molecule has 2 rings (SSSR count). The van der Waals surface area contributed by atoms with Gasteiger partial charge in [-0.25, -0.2) is 4.39 Å². The summed E-state index contributed by atoms with van der Waals surface area (Å²) in [6, 6.07) is 7.24. The zero-order chi connectivity index (χ0) is 9.97. The zero-order valence-electron chi connectivity index (χ0n) is 8.74. The Morgan fingerprint density at radius 2 is 2.27 bits per heavy atom. The van der Waals surface area contributed by atoms with Crippen LogP contribution < -0.4 is 10.2 Å². The average molecular weight is 231 g/mol. The van der Waals surface area contributed by atoms with Crippen molar-refractivity contribution >= 4 is 18.1 Å². The van der Waals surface area contributed by atoms with Gasteiger partial charge < -0.3 is 10.2 Å². The molecule has 4 heteroatoms. The molecule has 0 spiro atoms. The van der Waals surface area contributed by atoms with E-state index in [2.05, 4.69) is 17.1 Å². The van der Waals surface area contributed by atoms with Gasteiger partial charge in [0, 0.05) is 31.4 Å². The molecule has 1 fully saturated rings. The van der Waals surface area contributed by atoms with Crippen molar-refractivity contribution in [2.24, 2.45) is 0 Å². The number of hydrogen-bond acceptors (Lipinski definition) is 2. The Morgan fingerprint density at radius 3 is 2.93 bits per heavy atom. The minimum absolute atomic E-state index is 0. The van der Waals surface area contributed by atoms with Gasteiger partial charge in [-0.3, -0.25) is 0 Å². The molecular formula is C11H16ClFN2. The molecule has 1 aromatic rings. The highest BCUT2D eigenvalue weighted by Gasteiger charge is 2.17. The Bertz CT molecular complexity index is 319. The molecule has 84 valence electrons. The molecule has 2 nitrogen and oxygen atoms in total. The Hall–Kier alpha value is -0.800. The third-order valence-corrected chi connectivity index (χ3v) is 2.64. The number of nitrogens with one attached hydrogen (secondary N) is 1. The highest BCUT2D eigenvalue weighted by atomic mass is 35.5. The summed E-state index contributed by atoms with van der Waals surface area (Å²) in [5.41, 5.74) is 0.985. The number of piperazine rings is 1. The third-order valence-electron chi connectivity index (χ3n) is 2.64. The monoisotopic (exact) mass is 230 g/mol. The zero-order valence-corrected chi connectivity index (χ0v) is 9.56. The van der Waals surface area contributed by atoms with Crippen molar-refractivity contribution in [1.29, 1.82) is 0 Å². The van der Waals surface area contributed by atoms with Crippen molar-refractivity contribution in [3.05, 3.63) is 30.1 Å². The number of hydrogen-bond donors (Lipinski definition) is 1. The first-order valence-corrected chi connectivity index (χ1v) is 5.00. The van der Waals surface area contributed by atoms with Gasteiger partial charge in [0.1, 0.15) is 5.82 Å². The van der Waals surface area contributed by atoms with Gasteiger partial charge in [0.15, 0.2) is 0 Å². The topological polar surface area (TPSA) is 15.3 Å². The number of benzene rings is 1. The van der Waals surface area contributed by atoms with Crippen LogP contribution in [-0.4, -0.2) is 25.7 Å². The summed E-state index contributed by atoms with van der Waals surface area (Å²) < 4.78 is 13.0. The molecule has 0 aliphatic carbocycles. The molecule has 0 amide bonds. The molecule has 1 aromatic carbocycles. The summed E-state index contributed by atoms with van der Waals surface area (Å²) in [5, 5.41) is 3.31. The van der Waals surface area contributed by atoms with E-state index in [4.69, 9.17) is 0 Å². The van der Waals surface area contributed by atoms with Crippen LogP contribution in [0.25, 0.3) is 0 Å². The summed E-state index contributed by atoms with van der Waals surface area (Å²) in [7, 11) is 0. The second-order valence-corrected chi connectivity index (χ2v) is 3.73. The smallest absolute Gasteiger partial charge is 0.125 e. The summed E-state index contributed by atoms with van der Waals surface area (Å²) in [5.74, 6) is -0.159. The number of rotatable bonds is 1. The van der Waals surface area contributed by atoms with E-state index in [1.165, 1.54) is 6.07 Å². The Labute approximate surface area is 95.9 Å². The molecule has 1 aliphatic rings. The predicted molar refractivity (Wildman–Crippen MR) is 63.3 cm³/mol. The van der Waals surface area contributed by atoms with Gasteiger partial charge >= 0.3 is 0 Å². The molecule has 0 aromatic heterocycles. The molecule has 15 heavy (non-hydrogen) atoms. The van der Waals surface area contributed by atoms with E-state index in [0.717, 1.165) is 25.3 Å². The van der Waals surface area contributed by atoms with Gasteiger partial charge in [-0.2, -0.15) is 0 Å². The highest BCUT2D eigenvalue weighted by molar-refractivity contribution is 5.85. The molecule has 1 atom stereocenters. The van der Waals surface area contributed by atoms with Crippen molar-refractivity contribution < 1.29 is 4.39 Å². The van der Waals surface area contributed by atoms with Gasteiger partial charge in [-0.1, -0.05) is 6.07 Å². The van der Waals surface area contributed by atoms with Crippen LogP contribution in [0.15, 0.2) is 24.3 Å². The van der Waals surface area contributed by atoms with Crippen molar-refractivity contribution in [1.82, 2.24) is 5.32 Å². The lowest BCUT2D eigenvalue weighted by Crippen LogP contribution is -2.49. The third kappa shape index (κ3) is 2.83. The maximum absolute atomic E-state index is 13.0. The van der Waals surface area contributed by atoms with Crippen LogP contribution in [0.2, 0.25) is 0 Å². The Balaban J connectivity index is 0.00000112. The van der Waals surface area contributed by atoms with Crippen molar-refractivity contribution in [3.63, 3.8) is 0 Å². The van der Waals surface area contributed by atoms with E-state index >= 15 is 0 Å². The minimum atomic E-state index is -0.159. The van der Waals surface area contributed by atoms with E-state index in [1.807, 2.05) is 6.07 Å². The Morgan fingerprint density at radius 1 is 1.47 bits per heavy atom. The maximum atomic E-state index is 13.0. The van der Waals surface area contributed by atoms with Gasteiger partial charge in [-0.15, -0.1) is 12.4 Å². The van der Waals surface area contributed by atoms with E-state index in [1.54, 1.807) is 12.1 Å². The first kappa shape index (κ1) is 12.3. The molecule has 0 unspecified atom stereocenters. The molecule has 0 bridgehead atoms. The summed E-state index contributed by atoms with van der Waals surface area (Å²) in [6.45, 7) is 5.04. The van der Waals surface area contributed by atoms with Crippen LogP contribution in [0.1, 0.15) is 6.92 Å². The maximum Gasteiger partial charge on any atom is 0.125 e. The number of halogens is 2. The Kier molecular flexibility index (Phi) is 4.36. The quantitative estimate of drug-likeness (QED) is 0.795. The lowest BCUT2D eigenvalue weighted by Gasteiger charge is -2.35. The first-order chi connectivity index (χ1) is 6.77. The van der Waals surface area contributed by atoms with Gasteiger partial charge in [-0.05, 0) is 25.1 Å². The molecule has 1 aliphatic heterocycles. The lowest BCUT2D eigenvalue weighted by atomic mass is 10.2. The fourth-order valence-electron chi connectivity index (χ4n) is 1.88. The number of nitrogens with zero attached hydrogens (tertiary/aromatic N) is 1. The van der Waals surface area contributed by atoms with E-state index in [-0.39, 0.29) is 18.2 Å². The molecule has 1 saturated heterocycles. The van der Waals surface area contributed by atoms with Crippen LogP contribution >= 0.6 is 12.4 Å². The first-order valence-electron chi connectivity index (χ1n) is 5.00. The molecule has 1 heterocycles. The van der Waals surface area contributed by atoms with Crippen LogP contribution in [0.4, 0.5) is 10.1 Å². The van der Waals surface area contributed by atoms with Crippen molar-refractivity contribution in [2.45, 2.75) is 13.0 Å². The normalized spacial score (nSPS) is 20.9. The standard InChI is InChI=1S/C11H15FN2.ClH/c1-9-8-13-5-6-14(9)11-4-2-3-10(12)7-11;/h2-4,7,9,13H,5-6,8H2,1H3;1H/t9-;/m1./s1. The van der Waals surface area contributed by atoms with Crippen molar-refractivity contribution in [2.75, 3.05) is 24.5 Å². The van der Waals surface area contributed by atoms with Crippen LogP contribution in [-0.2, 0) is 0 Å². The predicted octanol–water partition coefficient (Wildman–Crippen LogP) is 2.05. The molecule has 0 radical (unpaired) electrons. The van der Waals surface area contributed by atoms with Crippen LogP contribution in [0, 0.1) is 5.82 Å². The molecule has 1 N–H and O–H groups in total. The minimum Gasteiger partial charge on any atom is -0.366 e. The summed E-state index contributed by atoms with van der Waals surface area (Å²) in [6.07, 6.45) is 0. The van der Waals surface area contributed by atoms with Gasteiger partial charge in [0.05, 0.1) is 0 Å². The molecule has 0 saturated carbocycles. The van der Waals surface area contributed by atoms with Gasteiger partial charge in [0.2, 0.25) is 0 Å². The second kappa shape index (κ2) is 5.33. The van der Waals surface area contributed by atoms with E-state index < -0.39 is 0 Å². The van der Waals surface area contributed by atoms with Crippen LogP contribution in [0.5, 0.6) is 0 Å².